The molecule has 2 aliphatic rings. The van der Waals surface area contributed by atoms with Crippen LogP contribution >= 0.6 is 11.8 Å². The van der Waals surface area contributed by atoms with Gasteiger partial charge in [-0.1, -0.05) is 12.1 Å². The lowest BCUT2D eigenvalue weighted by molar-refractivity contribution is 0.210. The Morgan fingerprint density at radius 3 is 2.90 bits per heavy atom. The first kappa shape index (κ1) is 15.3. The summed E-state index contributed by atoms with van der Waals surface area (Å²) in [6.07, 6.45) is 5.00. The van der Waals surface area contributed by atoms with Crippen LogP contribution in [0.3, 0.4) is 0 Å². The highest BCUT2D eigenvalue weighted by atomic mass is 32.2. The monoisotopic (exact) mass is 308 g/mol. The summed E-state index contributed by atoms with van der Waals surface area (Å²) in [5.74, 6) is 1.82. The summed E-state index contributed by atoms with van der Waals surface area (Å²) in [4.78, 5) is 3.28. The molecule has 2 nitrogen and oxygen atoms in total. The van der Waals surface area contributed by atoms with Crippen LogP contribution in [0, 0.1) is 11.7 Å². The third kappa shape index (κ3) is 3.79. The number of thioether (sulfide) groups is 1. The van der Waals surface area contributed by atoms with Crippen molar-refractivity contribution in [3.8, 4) is 0 Å². The largest absolute Gasteiger partial charge is 0.310 e. The van der Waals surface area contributed by atoms with Gasteiger partial charge in [0.2, 0.25) is 0 Å². The number of halogens is 1. The molecule has 2 aliphatic heterocycles. The summed E-state index contributed by atoms with van der Waals surface area (Å²) in [5, 5.41) is 3.67. The lowest BCUT2D eigenvalue weighted by Gasteiger charge is -2.30. The Kier molecular flexibility index (Phi) is 5.19. The molecule has 0 bridgehead atoms. The van der Waals surface area contributed by atoms with E-state index in [1.54, 1.807) is 17.8 Å². The maximum Gasteiger partial charge on any atom is 0.137 e. The van der Waals surface area contributed by atoms with Crippen LogP contribution in [0.15, 0.2) is 23.1 Å². The molecule has 4 heteroatoms. The van der Waals surface area contributed by atoms with Gasteiger partial charge < -0.3 is 10.2 Å². The number of piperidine rings is 1. The van der Waals surface area contributed by atoms with Gasteiger partial charge in [0.15, 0.2) is 0 Å². The van der Waals surface area contributed by atoms with Crippen molar-refractivity contribution in [2.24, 2.45) is 5.92 Å². The van der Waals surface area contributed by atoms with Crippen molar-refractivity contribution in [2.75, 3.05) is 32.4 Å². The van der Waals surface area contributed by atoms with Crippen LogP contribution in [-0.4, -0.2) is 37.3 Å². The standard InChI is InChI=1S/C17H25FN2S/c1-20-10-6-13(7-11-20)5-9-19-16-8-12-21-17-14(16)3-2-4-15(17)18/h2-4,13,16,19H,5-12H2,1H3. The van der Waals surface area contributed by atoms with Crippen LogP contribution < -0.4 is 5.32 Å². The van der Waals surface area contributed by atoms with E-state index >= 15 is 0 Å². The summed E-state index contributed by atoms with van der Waals surface area (Å²) in [6.45, 7) is 3.53. The first-order valence-electron chi connectivity index (χ1n) is 8.07. The van der Waals surface area contributed by atoms with Gasteiger partial charge in [-0.05, 0) is 75.7 Å². The highest BCUT2D eigenvalue weighted by Gasteiger charge is 2.23. The van der Waals surface area contributed by atoms with E-state index in [1.165, 1.54) is 32.4 Å². The Labute approximate surface area is 131 Å². The zero-order chi connectivity index (χ0) is 14.7. The first-order chi connectivity index (χ1) is 10.2. The topological polar surface area (TPSA) is 15.3 Å². The number of rotatable bonds is 4. The third-order valence-corrected chi connectivity index (χ3v) is 5.97. The number of nitrogens with one attached hydrogen (secondary N) is 1. The molecule has 1 unspecified atom stereocenters. The number of hydrogen-bond acceptors (Lipinski definition) is 3. The van der Waals surface area contributed by atoms with Crippen LogP contribution in [-0.2, 0) is 0 Å². The average molecular weight is 308 g/mol. The van der Waals surface area contributed by atoms with Gasteiger partial charge in [0.25, 0.3) is 0 Å². The molecule has 1 aromatic rings. The van der Waals surface area contributed by atoms with E-state index in [-0.39, 0.29) is 5.82 Å². The fourth-order valence-electron chi connectivity index (χ4n) is 3.41. The van der Waals surface area contributed by atoms with Gasteiger partial charge in [-0.2, -0.15) is 0 Å². The van der Waals surface area contributed by atoms with Gasteiger partial charge in [-0.3, -0.25) is 0 Å². The van der Waals surface area contributed by atoms with Gasteiger partial charge >= 0.3 is 0 Å². The SMILES string of the molecule is CN1CCC(CCNC2CCSc3c(F)cccc32)CC1. The van der Waals surface area contributed by atoms with Gasteiger partial charge in [-0.15, -0.1) is 11.8 Å². The summed E-state index contributed by atoms with van der Waals surface area (Å²) < 4.78 is 13.8. The van der Waals surface area contributed by atoms with Crippen molar-refractivity contribution in [3.05, 3.63) is 29.6 Å². The van der Waals surface area contributed by atoms with E-state index in [9.17, 15) is 4.39 Å². The predicted octanol–water partition coefficient (Wildman–Crippen LogP) is 3.68. The second-order valence-electron chi connectivity index (χ2n) is 6.34. The van der Waals surface area contributed by atoms with Crippen LogP contribution in [0.2, 0.25) is 0 Å². The molecule has 0 spiro atoms. The molecule has 3 rings (SSSR count). The molecule has 0 aliphatic carbocycles. The Balaban J connectivity index is 1.52. The fourth-order valence-corrected chi connectivity index (χ4v) is 4.55. The molecule has 2 heterocycles. The van der Waals surface area contributed by atoms with E-state index in [2.05, 4.69) is 23.3 Å². The molecule has 116 valence electrons. The van der Waals surface area contributed by atoms with Crippen molar-refractivity contribution in [1.82, 2.24) is 10.2 Å². The molecule has 0 aromatic heterocycles. The van der Waals surface area contributed by atoms with Crippen LogP contribution in [0.1, 0.15) is 37.3 Å². The van der Waals surface area contributed by atoms with Crippen molar-refractivity contribution in [3.63, 3.8) is 0 Å². The minimum absolute atomic E-state index is 0.0562. The normalized spacial score (nSPS) is 24.0. The van der Waals surface area contributed by atoms with Crippen molar-refractivity contribution < 1.29 is 4.39 Å². The molecule has 0 saturated carbocycles. The minimum Gasteiger partial charge on any atom is -0.310 e. The molecule has 1 fully saturated rings. The Morgan fingerprint density at radius 2 is 2.10 bits per heavy atom. The molecule has 21 heavy (non-hydrogen) atoms. The van der Waals surface area contributed by atoms with Gasteiger partial charge in [0, 0.05) is 10.9 Å². The number of likely N-dealkylation sites (tertiary alicyclic amines) is 1. The molecule has 1 aromatic carbocycles. The van der Waals surface area contributed by atoms with E-state index in [0.29, 0.717) is 6.04 Å². The van der Waals surface area contributed by atoms with E-state index < -0.39 is 0 Å². The second kappa shape index (κ2) is 7.12. The number of fused-ring (bicyclic) bond motifs is 1. The van der Waals surface area contributed by atoms with Crippen molar-refractivity contribution in [2.45, 2.75) is 36.6 Å². The maximum absolute atomic E-state index is 13.8. The minimum atomic E-state index is -0.0562. The Bertz CT molecular complexity index is 472. The van der Waals surface area contributed by atoms with E-state index in [1.807, 2.05) is 6.07 Å². The average Bonchev–Trinajstić information content (AvgIpc) is 2.50. The Morgan fingerprint density at radius 1 is 1.29 bits per heavy atom. The van der Waals surface area contributed by atoms with Crippen LogP contribution in [0.5, 0.6) is 0 Å². The fraction of sp³-hybridized carbons (Fsp3) is 0.647. The quantitative estimate of drug-likeness (QED) is 0.913. The lowest BCUT2D eigenvalue weighted by Crippen LogP contribution is -2.32. The molecular weight excluding hydrogens is 283 g/mol. The van der Waals surface area contributed by atoms with Crippen molar-refractivity contribution >= 4 is 11.8 Å². The Hall–Kier alpha value is -0.580. The summed E-state index contributed by atoms with van der Waals surface area (Å²) >= 11 is 1.66. The van der Waals surface area contributed by atoms with Crippen LogP contribution in [0.4, 0.5) is 4.39 Å². The number of benzene rings is 1. The second-order valence-corrected chi connectivity index (χ2v) is 7.44. The predicted molar refractivity (Wildman–Crippen MR) is 87.3 cm³/mol. The molecular formula is C17H25FN2S. The molecule has 0 radical (unpaired) electrons. The summed E-state index contributed by atoms with van der Waals surface area (Å²) in [7, 11) is 2.21. The summed E-state index contributed by atoms with van der Waals surface area (Å²) in [6, 6.07) is 5.83. The zero-order valence-electron chi connectivity index (χ0n) is 12.8. The van der Waals surface area contributed by atoms with Gasteiger partial charge in [0.05, 0.1) is 0 Å². The molecule has 1 atom stereocenters. The van der Waals surface area contributed by atoms with E-state index in [4.69, 9.17) is 0 Å². The van der Waals surface area contributed by atoms with Crippen LogP contribution in [0.25, 0.3) is 0 Å². The maximum atomic E-state index is 13.8. The molecule has 1 N–H and O–H groups in total. The molecule has 0 amide bonds. The zero-order valence-corrected chi connectivity index (χ0v) is 13.6. The third-order valence-electron chi connectivity index (χ3n) is 4.81. The summed E-state index contributed by atoms with van der Waals surface area (Å²) in [5.41, 5.74) is 1.16. The van der Waals surface area contributed by atoms with E-state index in [0.717, 1.165) is 35.1 Å². The van der Waals surface area contributed by atoms with Gasteiger partial charge in [0.1, 0.15) is 5.82 Å². The first-order valence-corrected chi connectivity index (χ1v) is 9.05. The highest BCUT2D eigenvalue weighted by Crippen LogP contribution is 2.37. The lowest BCUT2D eigenvalue weighted by atomic mass is 9.93. The molecule has 1 saturated heterocycles. The number of hydrogen-bond donors (Lipinski definition) is 1. The highest BCUT2D eigenvalue weighted by molar-refractivity contribution is 7.99. The smallest absolute Gasteiger partial charge is 0.137 e. The van der Waals surface area contributed by atoms with Gasteiger partial charge in [-0.25, -0.2) is 4.39 Å². The van der Waals surface area contributed by atoms with Crippen molar-refractivity contribution in [1.29, 1.82) is 0 Å². The number of nitrogens with zero attached hydrogens (tertiary/aromatic N) is 1.